The highest BCUT2D eigenvalue weighted by Crippen LogP contribution is 2.20. The van der Waals surface area contributed by atoms with E-state index in [2.05, 4.69) is 33.4 Å². The molecule has 2 aromatic rings. The maximum atomic E-state index is 13.1. The summed E-state index contributed by atoms with van der Waals surface area (Å²) in [7, 11) is 0. The van der Waals surface area contributed by atoms with Crippen LogP contribution in [0.2, 0.25) is 0 Å². The summed E-state index contributed by atoms with van der Waals surface area (Å²) < 4.78 is 0.971. The van der Waals surface area contributed by atoms with E-state index in [1.54, 1.807) is 16.7 Å². The van der Waals surface area contributed by atoms with Crippen LogP contribution in [0.5, 0.6) is 0 Å². The topological polar surface area (TPSA) is 49.4 Å². The van der Waals surface area contributed by atoms with E-state index in [4.69, 9.17) is 0 Å². The number of hydrogen-bond donors (Lipinski definition) is 1. The first-order valence-corrected chi connectivity index (χ1v) is 12.9. The summed E-state index contributed by atoms with van der Waals surface area (Å²) in [5.41, 5.74) is 2.27. The fourth-order valence-electron chi connectivity index (χ4n) is 3.87. The number of hydrogen-bond acceptors (Lipinski definition) is 3. The lowest BCUT2D eigenvalue weighted by molar-refractivity contribution is -0.140. The molecule has 3 rings (SSSR count). The highest BCUT2D eigenvalue weighted by Gasteiger charge is 2.28. The van der Waals surface area contributed by atoms with Crippen molar-refractivity contribution in [1.29, 1.82) is 0 Å². The van der Waals surface area contributed by atoms with E-state index in [9.17, 15) is 9.59 Å². The van der Waals surface area contributed by atoms with E-state index in [1.165, 1.54) is 18.4 Å². The molecule has 1 atom stereocenters. The molecule has 0 aromatic heterocycles. The summed E-state index contributed by atoms with van der Waals surface area (Å²) in [4.78, 5) is 27.8. The molecule has 6 heteroatoms. The van der Waals surface area contributed by atoms with Crippen LogP contribution in [-0.4, -0.2) is 34.6 Å². The highest BCUT2D eigenvalue weighted by molar-refractivity contribution is 9.10. The Morgan fingerprint density at radius 2 is 1.81 bits per heavy atom. The van der Waals surface area contributed by atoms with Gasteiger partial charge in [0.05, 0.1) is 0 Å². The molecule has 1 aliphatic carbocycles. The van der Waals surface area contributed by atoms with Crippen LogP contribution in [0.15, 0.2) is 59.1 Å². The van der Waals surface area contributed by atoms with Gasteiger partial charge in [0.2, 0.25) is 11.8 Å². The third-order valence-corrected chi connectivity index (χ3v) is 7.21. The molecule has 1 N–H and O–H groups in total. The Kier molecular flexibility index (Phi) is 9.47. The number of amides is 2. The van der Waals surface area contributed by atoms with E-state index in [0.717, 1.165) is 34.4 Å². The third kappa shape index (κ3) is 7.69. The summed E-state index contributed by atoms with van der Waals surface area (Å²) >= 11 is 5.25. The third-order valence-electron chi connectivity index (χ3n) is 5.68. The summed E-state index contributed by atoms with van der Waals surface area (Å²) in [6, 6.07) is 18.0. The molecular formula is C25H31BrN2O2S. The van der Waals surface area contributed by atoms with Crippen molar-refractivity contribution in [3.05, 3.63) is 70.2 Å². The standard InChI is InChI=1S/C25H31BrN2O2S/c1-19(25(30)27-23-12-5-6-13-23)28(17-21-10-7-11-22(26)16-21)24(29)14-15-31-18-20-8-3-2-4-9-20/h2-4,7-11,16,19,23H,5-6,12-15,17-18H2,1H3,(H,27,30). The van der Waals surface area contributed by atoms with Crippen LogP contribution in [0.25, 0.3) is 0 Å². The number of carbonyl (C=O) groups excluding carboxylic acids is 2. The SMILES string of the molecule is CC(C(=O)NC1CCCC1)N(Cc1cccc(Br)c1)C(=O)CCSCc1ccccc1. The van der Waals surface area contributed by atoms with Crippen molar-refractivity contribution < 1.29 is 9.59 Å². The normalized spacial score (nSPS) is 14.9. The van der Waals surface area contributed by atoms with Crippen LogP contribution in [0.4, 0.5) is 0 Å². The first-order valence-electron chi connectivity index (χ1n) is 11.0. The number of nitrogens with zero attached hydrogens (tertiary/aromatic N) is 1. The molecular weight excluding hydrogens is 472 g/mol. The molecule has 0 heterocycles. The number of halogens is 1. The second-order valence-electron chi connectivity index (χ2n) is 8.11. The second kappa shape index (κ2) is 12.3. The molecule has 0 saturated heterocycles. The zero-order chi connectivity index (χ0) is 22.1. The van der Waals surface area contributed by atoms with Gasteiger partial charge in [-0.25, -0.2) is 0 Å². The van der Waals surface area contributed by atoms with Gasteiger partial charge >= 0.3 is 0 Å². The zero-order valence-corrected chi connectivity index (χ0v) is 20.5. The molecule has 31 heavy (non-hydrogen) atoms. The molecule has 1 unspecified atom stereocenters. The van der Waals surface area contributed by atoms with Gasteiger partial charge in [-0.3, -0.25) is 9.59 Å². The lowest BCUT2D eigenvalue weighted by Gasteiger charge is -2.30. The van der Waals surface area contributed by atoms with Crippen molar-refractivity contribution in [2.75, 3.05) is 5.75 Å². The van der Waals surface area contributed by atoms with E-state index in [0.29, 0.717) is 13.0 Å². The Labute approximate surface area is 198 Å². The predicted molar refractivity (Wildman–Crippen MR) is 132 cm³/mol. The number of thioether (sulfide) groups is 1. The Bertz CT molecular complexity index is 856. The van der Waals surface area contributed by atoms with Crippen LogP contribution < -0.4 is 5.32 Å². The van der Waals surface area contributed by atoms with Gasteiger partial charge in [-0.1, -0.05) is 71.2 Å². The first-order chi connectivity index (χ1) is 15.0. The van der Waals surface area contributed by atoms with E-state index >= 15 is 0 Å². The van der Waals surface area contributed by atoms with Crippen molar-refractivity contribution in [2.24, 2.45) is 0 Å². The van der Waals surface area contributed by atoms with Gasteiger partial charge in [0.25, 0.3) is 0 Å². The predicted octanol–water partition coefficient (Wildman–Crippen LogP) is 5.55. The molecule has 2 amide bonds. The molecule has 166 valence electrons. The lowest BCUT2D eigenvalue weighted by atomic mass is 10.1. The van der Waals surface area contributed by atoms with Crippen molar-refractivity contribution in [1.82, 2.24) is 10.2 Å². The van der Waals surface area contributed by atoms with Crippen molar-refractivity contribution >= 4 is 39.5 Å². The first kappa shape index (κ1) is 23.9. The van der Waals surface area contributed by atoms with E-state index in [-0.39, 0.29) is 17.9 Å². The van der Waals surface area contributed by atoms with Gasteiger partial charge in [-0.15, -0.1) is 0 Å². The summed E-state index contributed by atoms with van der Waals surface area (Å²) in [6.07, 6.45) is 4.83. The molecule has 4 nitrogen and oxygen atoms in total. The highest BCUT2D eigenvalue weighted by atomic mass is 79.9. The van der Waals surface area contributed by atoms with E-state index in [1.807, 2.05) is 49.4 Å². The van der Waals surface area contributed by atoms with Crippen LogP contribution in [-0.2, 0) is 21.9 Å². The fraction of sp³-hybridized carbons (Fsp3) is 0.440. The molecule has 1 aliphatic rings. The maximum Gasteiger partial charge on any atom is 0.242 e. The summed E-state index contributed by atoms with van der Waals surface area (Å²) in [5, 5.41) is 3.15. The minimum absolute atomic E-state index is 0.0228. The average molecular weight is 504 g/mol. The number of carbonyl (C=O) groups is 2. The van der Waals surface area contributed by atoms with Gasteiger partial charge in [0, 0.05) is 35.0 Å². The number of rotatable bonds is 10. The molecule has 1 saturated carbocycles. The molecule has 0 radical (unpaired) electrons. The quantitative estimate of drug-likeness (QED) is 0.433. The Hall–Kier alpha value is -1.79. The Morgan fingerprint density at radius 1 is 1.10 bits per heavy atom. The minimum Gasteiger partial charge on any atom is -0.352 e. The number of nitrogens with one attached hydrogen (secondary N) is 1. The van der Waals surface area contributed by atoms with Crippen molar-refractivity contribution in [3.63, 3.8) is 0 Å². The van der Waals surface area contributed by atoms with Crippen LogP contribution in [0.3, 0.4) is 0 Å². The van der Waals surface area contributed by atoms with Crippen molar-refractivity contribution in [2.45, 2.75) is 63.4 Å². The minimum atomic E-state index is -0.494. The van der Waals surface area contributed by atoms with Crippen molar-refractivity contribution in [3.8, 4) is 0 Å². The van der Waals surface area contributed by atoms with Gasteiger partial charge in [0.1, 0.15) is 6.04 Å². The molecule has 0 aliphatic heterocycles. The van der Waals surface area contributed by atoms with Gasteiger partial charge in [-0.2, -0.15) is 11.8 Å². The van der Waals surface area contributed by atoms with Gasteiger partial charge < -0.3 is 10.2 Å². The van der Waals surface area contributed by atoms with Crippen LogP contribution in [0, 0.1) is 0 Å². The Morgan fingerprint density at radius 3 is 2.52 bits per heavy atom. The maximum absolute atomic E-state index is 13.1. The van der Waals surface area contributed by atoms with E-state index < -0.39 is 6.04 Å². The molecule has 1 fully saturated rings. The fourth-order valence-corrected chi connectivity index (χ4v) is 5.21. The zero-order valence-electron chi connectivity index (χ0n) is 18.1. The monoisotopic (exact) mass is 502 g/mol. The molecule has 2 aromatic carbocycles. The second-order valence-corrected chi connectivity index (χ2v) is 10.1. The average Bonchev–Trinajstić information content (AvgIpc) is 3.28. The van der Waals surface area contributed by atoms with Crippen LogP contribution in [0.1, 0.15) is 50.2 Å². The number of benzene rings is 2. The van der Waals surface area contributed by atoms with Crippen LogP contribution >= 0.6 is 27.7 Å². The summed E-state index contributed by atoms with van der Waals surface area (Å²) in [5.74, 6) is 1.60. The van der Waals surface area contributed by atoms with Gasteiger partial charge in [0.15, 0.2) is 0 Å². The summed E-state index contributed by atoms with van der Waals surface area (Å²) in [6.45, 7) is 2.28. The smallest absolute Gasteiger partial charge is 0.242 e. The van der Waals surface area contributed by atoms with Gasteiger partial charge in [-0.05, 0) is 43.0 Å². The molecule has 0 spiro atoms. The molecule has 0 bridgehead atoms. The largest absolute Gasteiger partial charge is 0.352 e. The lowest BCUT2D eigenvalue weighted by Crippen LogP contribution is -2.49. The Balaban J connectivity index is 1.60.